The summed E-state index contributed by atoms with van der Waals surface area (Å²) in [5.74, 6) is -0.239. The molecule has 19 heteroatoms. The number of nitrogens with one attached hydrogen (secondary N) is 3. The van der Waals surface area contributed by atoms with E-state index in [0.717, 1.165) is 19.5 Å². The third-order valence-electron chi connectivity index (χ3n) is 9.32. The third kappa shape index (κ3) is 10.7. The van der Waals surface area contributed by atoms with Gasteiger partial charge in [-0.05, 0) is 92.2 Å². The Labute approximate surface area is 321 Å². The summed E-state index contributed by atoms with van der Waals surface area (Å²) in [6.45, 7) is 3.63. The van der Waals surface area contributed by atoms with E-state index in [1.54, 1.807) is 17.6 Å². The molecule has 1 aliphatic rings. The molecule has 6 aromatic rings. The molecule has 0 aliphatic carbocycles. The topological polar surface area (TPSA) is 133 Å². The lowest BCUT2D eigenvalue weighted by atomic mass is 10.0. The third-order valence-corrected chi connectivity index (χ3v) is 9.32. The van der Waals surface area contributed by atoms with Crippen molar-refractivity contribution in [2.75, 3.05) is 33.8 Å². The van der Waals surface area contributed by atoms with Gasteiger partial charge in [-0.3, -0.25) is 9.88 Å². The van der Waals surface area contributed by atoms with Crippen LogP contribution in [0, 0.1) is 5.82 Å². The molecule has 7 rings (SSSR count). The molecule has 1 aliphatic heterocycles. The van der Waals surface area contributed by atoms with Gasteiger partial charge in [-0.15, -0.1) is 0 Å². The van der Waals surface area contributed by atoms with Crippen LogP contribution < -0.4 is 5.69 Å². The molecule has 0 amide bonds. The fourth-order valence-electron chi connectivity index (χ4n) is 6.45. The molecule has 0 spiro atoms. The average Bonchev–Trinajstić information content (AvgIpc) is 3.92. The first kappa shape index (κ1) is 41.3. The van der Waals surface area contributed by atoms with Crippen molar-refractivity contribution in [2.24, 2.45) is 0 Å². The number of benzene rings is 3. The minimum absolute atomic E-state index is 0.0427. The fraction of sp³-hybridized carbons (Fsp3) is 0.368. The second-order valence-corrected chi connectivity index (χ2v) is 13.8. The van der Waals surface area contributed by atoms with Crippen LogP contribution in [-0.4, -0.2) is 84.8 Å². The Hall–Kier alpha value is -5.37. The van der Waals surface area contributed by atoms with Crippen molar-refractivity contribution in [3.8, 4) is 0 Å². The van der Waals surface area contributed by atoms with Gasteiger partial charge in [0.05, 0.1) is 43.0 Å². The quantitative estimate of drug-likeness (QED) is 0.121. The van der Waals surface area contributed by atoms with Gasteiger partial charge in [0.15, 0.2) is 6.29 Å². The van der Waals surface area contributed by atoms with Gasteiger partial charge in [-0.25, -0.2) is 23.9 Å². The highest BCUT2D eigenvalue weighted by molar-refractivity contribution is 5.84. The second kappa shape index (κ2) is 17.4. The number of fused-ring (bicyclic) bond motifs is 1. The van der Waals surface area contributed by atoms with Crippen LogP contribution in [-0.2, 0) is 41.3 Å². The number of aromatic amines is 3. The van der Waals surface area contributed by atoms with Gasteiger partial charge in [-0.1, -0.05) is 18.2 Å². The summed E-state index contributed by atoms with van der Waals surface area (Å²) >= 11 is 0. The summed E-state index contributed by atoms with van der Waals surface area (Å²) in [4.78, 5) is 25.3. The predicted molar refractivity (Wildman–Crippen MR) is 194 cm³/mol. The summed E-state index contributed by atoms with van der Waals surface area (Å²) in [6.07, 6.45) is -5.94. The zero-order valence-corrected chi connectivity index (χ0v) is 31.0. The lowest BCUT2D eigenvalue weighted by molar-refractivity contribution is -0.231. The first-order valence-corrected chi connectivity index (χ1v) is 17.8. The second-order valence-electron chi connectivity index (χ2n) is 13.8. The molecule has 3 atom stereocenters. The van der Waals surface area contributed by atoms with Crippen LogP contribution in [0.25, 0.3) is 10.9 Å². The molecule has 3 N–H and O–H groups in total. The maximum absolute atomic E-state index is 13.6. The molecule has 1 fully saturated rings. The Morgan fingerprint density at radius 3 is 2.32 bits per heavy atom. The number of aromatic nitrogens is 7. The van der Waals surface area contributed by atoms with Gasteiger partial charge in [0.1, 0.15) is 24.3 Å². The number of rotatable bonds is 11. The Bertz CT molecular complexity index is 2230. The van der Waals surface area contributed by atoms with E-state index < -0.39 is 53.4 Å². The van der Waals surface area contributed by atoms with E-state index in [1.165, 1.54) is 53.2 Å². The number of likely N-dealkylation sites (N-methyl/N-ethyl adjacent to an activating group) is 1. The molecule has 4 heterocycles. The van der Waals surface area contributed by atoms with Gasteiger partial charge >= 0.3 is 18.0 Å². The summed E-state index contributed by atoms with van der Waals surface area (Å²) < 4.78 is 107. The molecular weight excluding hydrogens is 763 g/mol. The van der Waals surface area contributed by atoms with E-state index in [9.17, 15) is 35.5 Å². The average molecular weight is 804 g/mol. The Morgan fingerprint density at radius 2 is 1.70 bits per heavy atom. The number of H-pyrrole nitrogens is 3. The molecule has 0 unspecified atom stereocenters. The summed E-state index contributed by atoms with van der Waals surface area (Å²) in [5, 5.41) is 11.6. The number of ether oxygens (including phenoxy) is 2. The van der Waals surface area contributed by atoms with Gasteiger partial charge in [0, 0.05) is 30.2 Å². The zero-order chi connectivity index (χ0) is 40.9. The molecular formula is C38H40F7N9O3. The Balaban J connectivity index is 0.000000230. The largest absolute Gasteiger partial charge is 0.416 e. The van der Waals surface area contributed by atoms with Crippen molar-refractivity contribution in [2.45, 2.75) is 57.2 Å². The lowest BCUT2D eigenvalue weighted by Crippen LogP contribution is -2.46. The molecule has 0 radical (unpaired) electrons. The zero-order valence-electron chi connectivity index (χ0n) is 31.0. The molecule has 57 heavy (non-hydrogen) atoms. The monoisotopic (exact) mass is 803 g/mol. The van der Waals surface area contributed by atoms with Gasteiger partial charge in [0.2, 0.25) is 0 Å². The fourth-order valence-corrected chi connectivity index (χ4v) is 6.45. The number of nitrogens with zero attached hydrogens (tertiary/aromatic N) is 6. The van der Waals surface area contributed by atoms with Crippen molar-refractivity contribution in [3.05, 3.63) is 135 Å². The first-order chi connectivity index (χ1) is 27.0. The van der Waals surface area contributed by atoms with Crippen molar-refractivity contribution in [3.63, 3.8) is 0 Å². The lowest BCUT2D eigenvalue weighted by Gasteiger charge is -2.41. The van der Waals surface area contributed by atoms with Gasteiger partial charge in [0.25, 0.3) is 0 Å². The molecule has 0 saturated carbocycles. The van der Waals surface area contributed by atoms with E-state index in [1.807, 2.05) is 4.68 Å². The van der Waals surface area contributed by atoms with Crippen molar-refractivity contribution < 1.29 is 40.2 Å². The van der Waals surface area contributed by atoms with E-state index >= 15 is 0 Å². The minimum atomic E-state index is -5.01. The van der Waals surface area contributed by atoms with Gasteiger partial charge in [-0.2, -0.15) is 36.5 Å². The Morgan fingerprint density at radius 1 is 0.982 bits per heavy atom. The first-order valence-electron chi connectivity index (χ1n) is 17.8. The van der Waals surface area contributed by atoms with Crippen LogP contribution >= 0.6 is 0 Å². The summed E-state index contributed by atoms with van der Waals surface area (Å²) in [6, 6.07) is 12.3. The number of halogens is 7. The molecule has 1 saturated heterocycles. The number of alkyl halides is 6. The smallest absolute Gasteiger partial charge is 0.361 e. The predicted octanol–water partition coefficient (Wildman–Crippen LogP) is 6.86. The van der Waals surface area contributed by atoms with Crippen LogP contribution in [0.4, 0.5) is 30.7 Å². The summed E-state index contributed by atoms with van der Waals surface area (Å²) in [5.41, 5.74) is 0.513. The van der Waals surface area contributed by atoms with Crippen molar-refractivity contribution in [1.82, 2.24) is 44.7 Å². The van der Waals surface area contributed by atoms with Crippen LogP contribution in [0.2, 0.25) is 0 Å². The molecule has 12 nitrogen and oxygen atoms in total. The van der Waals surface area contributed by atoms with Crippen LogP contribution in [0.1, 0.15) is 58.3 Å². The standard InChI is InChI=1S/C23H21F7N4O3.C15H19N5/c1-12(14-8-15(22(25,26)27)10-16(9-14)23(28,29)30)37-20-19(13-2-4-17(24)5-3-13)34(6-7-36-20)11-18-31-21(35)33-32-18;1-19(2)6-5-13-8-17-15-4-3-12(7-14(13)15)9-20-11-16-10-18-20/h2-5,8-10,12,19-20H,6-7,11H2,1H3,(H2,31,32,33,35);3-4,7-8,10-11,17H,5-6,9H2,1-2H3/t12-,19+,20-;/m1./s1. The van der Waals surface area contributed by atoms with Crippen molar-refractivity contribution in [1.29, 1.82) is 0 Å². The highest BCUT2D eigenvalue weighted by atomic mass is 19.4. The van der Waals surface area contributed by atoms with E-state index in [4.69, 9.17) is 9.47 Å². The Kier molecular flexibility index (Phi) is 12.6. The summed E-state index contributed by atoms with van der Waals surface area (Å²) in [7, 11) is 4.20. The van der Waals surface area contributed by atoms with Crippen molar-refractivity contribution >= 4 is 10.9 Å². The maximum atomic E-state index is 13.6. The minimum Gasteiger partial charge on any atom is -0.361 e. The normalized spacial score (nSPS) is 17.2. The van der Waals surface area contributed by atoms with Crippen LogP contribution in [0.3, 0.4) is 0 Å². The number of hydrogen-bond acceptors (Lipinski definition) is 8. The SMILES string of the molecule is CN(C)CCc1c[nH]c2ccc(Cn3cncn3)cc12.C[C@@H](O[C@H]1OCCN(Cc2n[nH]c(=O)[nH]2)[C@H]1c1ccc(F)cc1)c1cc(C(F)(F)F)cc(C(F)(F)F)c1. The number of morpholine rings is 1. The molecule has 0 bridgehead atoms. The molecule has 304 valence electrons. The maximum Gasteiger partial charge on any atom is 0.416 e. The van der Waals surface area contributed by atoms with Crippen LogP contribution in [0.15, 0.2) is 84.3 Å². The van der Waals surface area contributed by atoms with Crippen LogP contribution in [0.5, 0.6) is 0 Å². The molecule has 3 aromatic heterocycles. The van der Waals surface area contributed by atoms with Gasteiger partial charge < -0.3 is 19.4 Å². The molecule has 3 aromatic carbocycles. The van der Waals surface area contributed by atoms with E-state index in [0.29, 0.717) is 24.2 Å². The number of hydrogen-bond donors (Lipinski definition) is 3. The van der Waals surface area contributed by atoms with E-state index in [2.05, 4.69) is 73.6 Å². The highest BCUT2D eigenvalue weighted by Crippen LogP contribution is 2.40. The highest BCUT2D eigenvalue weighted by Gasteiger charge is 2.39. The van der Waals surface area contributed by atoms with E-state index in [-0.39, 0.29) is 30.6 Å².